The number of hydrogen-bond acceptors (Lipinski definition) is 7. The number of aliphatic hydroxyl groups excluding tert-OH is 1. The van der Waals surface area contributed by atoms with Gasteiger partial charge in [0.25, 0.3) is 0 Å². The predicted molar refractivity (Wildman–Crippen MR) is 131 cm³/mol. The second-order valence-corrected chi connectivity index (χ2v) is 9.30. The molecule has 0 spiro atoms. The number of phenols is 1. The molecule has 0 unspecified atom stereocenters. The lowest BCUT2D eigenvalue weighted by Gasteiger charge is -2.21. The summed E-state index contributed by atoms with van der Waals surface area (Å²) in [7, 11) is 1.47. The number of carbonyl (C=O) groups excluding carboxylic acids is 2. The number of aliphatic hydroxyl groups is 1. The molecule has 1 aromatic carbocycles. The summed E-state index contributed by atoms with van der Waals surface area (Å²) >= 11 is 0. The van der Waals surface area contributed by atoms with Crippen molar-refractivity contribution in [2.75, 3.05) is 12.8 Å². The van der Waals surface area contributed by atoms with Gasteiger partial charge in [0.2, 0.25) is 0 Å². The predicted octanol–water partition coefficient (Wildman–Crippen LogP) is 4.15. The number of aromatic hydroxyl groups is 1. The van der Waals surface area contributed by atoms with E-state index in [2.05, 4.69) is 4.98 Å². The molecule has 2 aromatic rings. The first-order valence-corrected chi connectivity index (χ1v) is 12.2. The monoisotopic (exact) mass is 468 g/mol. The van der Waals surface area contributed by atoms with Gasteiger partial charge in [0, 0.05) is 31.0 Å². The number of methoxy groups -OCH3 is 1. The zero-order valence-electron chi connectivity index (χ0n) is 20.0. The van der Waals surface area contributed by atoms with E-state index >= 15 is 0 Å². The summed E-state index contributed by atoms with van der Waals surface area (Å²) in [5, 5.41) is 20.8. The second kappa shape index (κ2) is 12.5. The highest BCUT2D eigenvalue weighted by molar-refractivity contribution is 6.05. The summed E-state index contributed by atoms with van der Waals surface area (Å²) in [4.78, 5) is 28.8. The van der Waals surface area contributed by atoms with Crippen LogP contribution in [0, 0.1) is 5.92 Å². The molecule has 4 N–H and O–H groups in total. The molecule has 34 heavy (non-hydrogen) atoms. The maximum absolute atomic E-state index is 12.5. The van der Waals surface area contributed by atoms with Crippen LogP contribution in [0.2, 0.25) is 0 Å². The van der Waals surface area contributed by atoms with Gasteiger partial charge < -0.3 is 20.7 Å². The van der Waals surface area contributed by atoms with Crippen LogP contribution >= 0.6 is 0 Å². The highest BCUT2D eigenvalue weighted by atomic mass is 16.5. The van der Waals surface area contributed by atoms with Crippen LogP contribution in [-0.4, -0.2) is 40.0 Å². The van der Waals surface area contributed by atoms with E-state index in [0.29, 0.717) is 35.9 Å². The molecule has 1 fully saturated rings. The average Bonchev–Trinajstić information content (AvgIpc) is 2.84. The summed E-state index contributed by atoms with van der Waals surface area (Å²) < 4.78 is 5.30. The molecule has 0 amide bonds. The van der Waals surface area contributed by atoms with Crippen LogP contribution in [0.25, 0.3) is 0 Å². The van der Waals surface area contributed by atoms with Gasteiger partial charge in [-0.1, -0.05) is 44.6 Å². The third-order valence-electron chi connectivity index (χ3n) is 6.70. The van der Waals surface area contributed by atoms with Gasteiger partial charge in [-0.25, -0.2) is 4.98 Å². The Hall–Kier alpha value is -2.93. The number of phenolic OH excluding ortho intramolecular Hbond substituents is 1. The summed E-state index contributed by atoms with van der Waals surface area (Å²) in [5.74, 6) is 0.542. The number of aromatic nitrogens is 1. The van der Waals surface area contributed by atoms with Gasteiger partial charge >= 0.3 is 0 Å². The van der Waals surface area contributed by atoms with Gasteiger partial charge in [0.1, 0.15) is 5.82 Å². The molecule has 1 aliphatic rings. The smallest absolute Gasteiger partial charge is 0.170 e. The van der Waals surface area contributed by atoms with Crippen LogP contribution in [-0.2, 0) is 22.4 Å². The van der Waals surface area contributed by atoms with Crippen LogP contribution in [0.5, 0.6) is 11.5 Å². The van der Waals surface area contributed by atoms with Gasteiger partial charge in [-0.3, -0.25) is 9.59 Å². The largest absolute Gasteiger partial charge is 0.504 e. The maximum Gasteiger partial charge on any atom is 0.170 e. The third kappa shape index (κ3) is 7.29. The number of ether oxygens (including phenoxy) is 1. The van der Waals surface area contributed by atoms with Crippen LogP contribution in [0.3, 0.4) is 0 Å². The Morgan fingerprint density at radius 2 is 1.85 bits per heavy atom. The Labute approximate surface area is 201 Å². The summed E-state index contributed by atoms with van der Waals surface area (Å²) in [5.41, 5.74) is 8.04. The first-order valence-electron chi connectivity index (χ1n) is 12.2. The van der Waals surface area contributed by atoms with E-state index in [-0.39, 0.29) is 24.4 Å². The molecule has 7 heteroatoms. The number of hydrogen-bond donors (Lipinski definition) is 3. The van der Waals surface area contributed by atoms with Gasteiger partial charge in [-0.05, 0) is 48.1 Å². The molecule has 0 radical (unpaired) electrons. The van der Waals surface area contributed by atoms with Crippen molar-refractivity contribution in [1.29, 1.82) is 0 Å². The van der Waals surface area contributed by atoms with Gasteiger partial charge in [0.05, 0.1) is 7.11 Å². The van der Waals surface area contributed by atoms with E-state index < -0.39 is 11.9 Å². The molecular weight excluding hydrogens is 432 g/mol. The zero-order chi connectivity index (χ0) is 24.5. The Kier molecular flexibility index (Phi) is 9.45. The lowest BCUT2D eigenvalue weighted by Crippen LogP contribution is -2.30. The summed E-state index contributed by atoms with van der Waals surface area (Å²) in [6.45, 7) is 0. The maximum atomic E-state index is 12.5. The van der Waals surface area contributed by atoms with Crippen LogP contribution in [0.1, 0.15) is 74.5 Å². The number of nitrogens with two attached hydrogens (primary N) is 1. The van der Waals surface area contributed by atoms with Crippen LogP contribution in [0.4, 0.5) is 5.82 Å². The lowest BCUT2D eigenvalue weighted by atomic mass is 9.85. The number of benzene rings is 1. The first kappa shape index (κ1) is 25.7. The number of nitrogens with zero attached hydrogens (tertiary/aromatic N) is 1. The molecule has 0 saturated heterocycles. The normalized spacial score (nSPS) is 15.1. The molecule has 1 aromatic heterocycles. The van der Waals surface area contributed by atoms with Crippen molar-refractivity contribution in [2.45, 2.75) is 76.7 Å². The van der Waals surface area contributed by atoms with Crippen molar-refractivity contribution >= 4 is 17.4 Å². The number of aryl methyl sites for hydroxylation is 1. The second-order valence-electron chi connectivity index (χ2n) is 9.30. The SMILES string of the molecule is COc1cc(CCC(=O)[C@H](O)C(=O)CCCC2CCCCC2)cc(Cc2ccnc(N)c2)c1O. The van der Waals surface area contributed by atoms with Crippen molar-refractivity contribution in [3.8, 4) is 11.5 Å². The number of Topliss-reactive ketones (excluding diaryl/α,β-unsaturated/α-hetero) is 2. The number of nitrogen functional groups attached to an aromatic ring is 1. The molecule has 0 aliphatic heterocycles. The van der Waals surface area contributed by atoms with Crippen LogP contribution in [0.15, 0.2) is 30.5 Å². The Morgan fingerprint density at radius 1 is 1.12 bits per heavy atom. The minimum Gasteiger partial charge on any atom is -0.504 e. The van der Waals surface area contributed by atoms with Crippen molar-refractivity contribution in [3.05, 3.63) is 47.2 Å². The summed E-state index contributed by atoms with van der Waals surface area (Å²) in [6.07, 6.45) is 9.06. The molecule has 3 rings (SSSR count). The van der Waals surface area contributed by atoms with Crippen molar-refractivity contribution in [3.63, 3.8) is 0 Å². The van der Waals surface area contributed by atoms with Gasteiger partial charge in [-0.2, -0.15) is 0 Å². The Balaban J connectivity index is 1.55. The van der Waals surface area contributed by atoms with E-state index in [9.17, 15) is 19.8 Å². The molecule has 1 aliphatic carbocycles. The number of rotatable bonds is 12. The van der Waals surface area contributed by atoms with E-state index in [1.165, 1.54) is 39.2 Å². The fourth-order valence-electron chi connectivity index (χ4n) is 4.75. The fraction of sp³-hybridized carbons (Fsp3) is 0.519. The fourth-order valence-corrected chi connectivity index (χ4v) is 4.75. The van der Waals surface area contributed by atoms with Crippen molar-refractivity contribution < 1.29 is 24.5 Å². The summed E-state index contributed by atoms with van der Waals surface area (Å²) in [6, 6.07) is 7.03. The number of carbonyl (C=O) groups is 2. The minimum absolute atomic E-state index is 0.0288. The molecule has 184 valence electrons. The number of ketones is 2. The highest BCUT2D eigenvalue weighted by Gasteiger charge is 2.24. The van der Waals surface area contributed by atoms with Crippen molar-refractivity contribution in [2.24, 2.45) is 5.92 Å². The van der Waals surface area contributed by atoms with E-state index in [1.54, 1.807) is 24.4 Å². The van der Waals surface area contributed by atoms with Gasteiger partial charge in [-0.15, -0.1) is 0 Å². The highest BCUT2D eigenvalue weighted by Crippen LogP contribution is 2.33. The molecule has 7 nitrogen and oxygen atoms in total. The minimum atomic E-state index is -1.57. The first-order chi connectivity index (χ1) is 16.4. The van der Waals surface area contributed by atoms with E-state index in [1.807, 2.05) is 6.07 Å². The third-order valence-corrected chi connectivity index (χ3v) is 6.70. The van der Waals surface area contributed by atoms with Crippen LogP contribution < -0.4 is 10.5 Å². The Morgan fingerprint density at radius 3 is 2.56 bits per heavy atom. The average molecular weight is 469 g/mol. The topological polar surface area (TPSA) is 123 Å². The van der Waals surface area contributed by atoms with Gasteiger partial charge in [0.15, 0.2) is 29.2 Å². The van der Waals surface area contributed by atoms with E-state index in [4.69, 9.17) is 10.5 Å². The number of anilines is 1. The standard InChI is InChI=1S/C27H36N2O5/c1-34-24-16-19(14-21(26(24)32)15-20-12-13-29-25(28)17-20)10-11-23(31)27(33)22(30)9-5-8-18-6-3-2-4-7-18/h12-14,16-18,27,32-33H,2-11,15H2,1H3,(H2,28,29)/t27-/m1/s1. The zero-order valence-corrected chi connectivity index (χ0v) is 20.0. The molecular formula is C27H36N2O5. The lowest BCUT2D eigenvalue weighted by molar-refractivity contribution is -0.138. The molecule has 1 atom stereocenters. The van der Waals surface area contributed by atoms with Crippen molar-refractivity contribution in [1.82, 2.24) is 4.98 Å². The van der Waals surface area contributed by atoms with E-state index in [0.717, 1.165) is 24.0 Å². The molecule has 1 heterocycles. The molecule has 1 saturated carbocycles. The molecule has 0 bridgehead atoms. The number of pyridine rings is 1. The Bertz CT molecular complexity index is 985. The quantitative estimate of drug-likeness (QED) is 0.400.